The summed E-state index contributed by atoms with van der Waals surface area (Å²) < 4.78 is 31.7. The minimum Gasteiger partial charge on any atom is -0.384 e. The Balaban J connectivity index is 1.87. The molecule has 20 heavy (non-hydrogen) atoms. The van der Waals surface area contributed by atoms with Crippen molar-refractivity contribution in [3.63, 3.8) is 0 Å². The van der Waals surface area contributed by atoms with Crippen molar-refractivity contribution in [2.75, 3.05) is 33.4 Å². The number of benzene rings is 1. The first-order chi connectivity index (χ1) is 9.60. The molecular weight excluding hydrogens is 262 g/mol. The predicted octanol–water partition coefficient (Wildman–Crippen LogP) is 2.32. The topological polar surface area (TPSA) is 38.5 Å². The molecule has 1 unspecified atom stereocenters. The van der Waals surface area contributed by atoms with E-state index in [1.165, 1.54) is 12.1 Å². The van der Waals surface area contributed by atoms with Gasteiger partial charge < -0.3 is 15.4 Å². The Labute approximate surface area is 118 Å². The van der Waals surface area contributed by atoms with Crippen LogP contribution in [-0.4, -0.2) is 38.3 Å². The molecule has 5 heteroatoms. The fourth-order valence-corrected chi connectivity index (χ4v) is 2.75. The standard InChI is InChI=1S/C15H22F2N2O/c1-20-10-11-4-6-19(7-5-11)9-15(18)13-3-2-12(16)8-14(13)17/h2-3,8,11,15H,4-7,9-10,18H2,1H3. The molecule has 1 aliphatic heterocycles. The molecule has 0 aliphatic carbocycles. The molecule has 3 nitrogen and oxygen atoms in total. The summed E-state index contributed by atoms with van der Waals surface area (Å²) in [6.07, 6.45) is 2.15. The van der Waals surface area contributed by atoms with Gasteiger partial charge in [-0.1, -0.05) is 6.07 Å². The summed E-state index contributed by atoms with van der Waals surface area (Å²) in [6, 6.07) is 3.16. The average molecular weight is 284 g/mol. The van der Waals surface area contributed by atoms with Crippen molar-refractivity contribution in [1.82, 2.24) is 4.90 Å². The van der Waals surface area contributed by atoms with E-state index in [-0.39, 0.29) is 0 Å². The Morgan fingerprint density at radius 2 is 2.05 bits per heavy atom. The summed E-state index contributed by atoms with van der Waals surface area (Å²) >= 11 is 0. The number of nitrogens with zero attached hydrogens (tertiary/aromatic N) is 1. The van der Waals surface area contributed by atoms with E-state index in [1.54, 1.807) is 7.11 Å². The van der Waals surface area contributed by atoms with Crippen molar-refractivity contribution >= 4 is 0 Å². The van der Waals surface area contributed by atoms with E-state index in [0.717, 1.165) is 38.6 Å². The van der Waals surface area contributed by atoms with E-state index < -0.39 is 17.7 Å². The van der Waals surface area contributed by atoms with Crippen LogP contribution < -0.4 is 5.73 Å². The number of halogens is 2. The van der Waals surface area contributed by atoms with Crippen LogP contribution in [0.2, 0.25) is 0 Å². The molecule has 1 aromatic carbocycles. The van der Waals surface area contributed by atoms with Crippen molar-refractivity contribution < 1.29 is 13.5 Å². The Morgan fingerprint density at radius 1 is 1.35 bits per heavy atom. The van der Waals surface area contributed by atoms with Crippen LogP contribution in [0.4, 0.5) is 8.78 Å². The van der Waals surface area contributed by atoms with Crippen LogP contribution in [0.3, 0.4) is 0 Å². The highest BCUT2D eigenvalue weighted by molar-refractivity contribution is 5.22. The number of hydrogen-bond acceptors (Lipinski definition) is 3. The molecule has 1 aromatic rings. The zero-order chi connectivity index (χ0) is 14.5. The van der Waals surface area contributed by atoms with Gasteiger partial charge in [0.15, 0.2) is 0 Å². The summed E-state index contributed by atoms with van der Waals surface area (Å²) in [5.41, 5.74) is 6.42. The van der Waals surface area contributed by atoms with Gasteiger partial charge in [0.05, 0.1) is 0 Å². The van der Waals surface area contributed by atoms with E-state index in [4.69, 9.17) is 10.5 Å². The second-order valence-electron chi connectivity index (χ2n) is 5.47. The maximum absolute atomic E-state index is 13.7. The zero-order valence-corrected chi connectivity index (χ0v) is 11.8. The van der Waals surface area contributed by atoms with E-state index >= 15 is 0 Å². The highest BCUT2D eigenvalue weighted by Gasteiger charge is 2.22. The summed E-state index contributed by atoms with van der Waals surface area (Å²) in [5.74, 6) is -0.527. The first-order valence-corrected chi connectivity index (χ1v) is 7.02. The maximum atomic E-state index is 13.7. The van der Waals surface area contributed by atoms with Gasteiger partial charge in [-0.25, -0.2) is 8.78 Å². The van der Waals surface area contributed by atoms with Crippen LogP contribution in [0.25, 0.3) is 0 Å². The van der Waals surface area contributed by atoms with Gasteiger partial charge >= 0.3 is 0 Å². The van der Waals surface area contributed by atoms with Crippen molar-refractivity contribution in [1.29, 1.82) is 0 Å². The van der Waals surface area contributed by atoms with Gasteiger partial charge in [0.1, 0.15) is 11.6 Å². The Kier molecular flexibility index (Phi) is 5.46. The van der Waals surface area contributed by atoms with E-state index in [2.05, 4.69) is 4.90 Å². The molecule has 0 saturated carbocycles. The van der Waals surface area contributed by atoms with Crippen molar-refractivity contribution in [2.45, 2.75) is 18.9 Å². The van der Waals surface area contributed by atoms with Crippen molar-refractivity contribution in [3.8, 4) is 0 Å². The second-order valence-corrected chi connectivity index (χ2v) is 5.47. The molecule has 0 aromatic heterocycles. The molecular formula is C15H22F2N2O. The smallest absolute Gasteiger partial charge is 0.130 e. The lowest BCUT2D eigenvalue weighted by molar-refractivity contribution is 0.0969. The highest BCUT2D eigenvalue weighted by atomic mass is 19.1. The van der Waals surface area contributed by atoms with Crippen LogP contribution in [-0.2, 0) is 4.74 Å². The number of piperidine rings is 1. The van der Waals surface area contributed by atoms with Crippen LogP contribution in [0.15, 0.2) is 18.2 Å². The SMILES string of the molecule is COCC1CCN(CC(N)c2ccc(F)cc2F)CC1. The molecule has 0 bridgehead atoms. The number of nitrogens with two attached hydrogens (primary N) is 1. The van der Waals surface area contributed by atoms with E-state index in [9.17, 15) is 8.78 Å². The highest BCUT2D eigenvalue weighted by Crippen LogP contribution is 2.21. The molecule has 0 radical (unpaired) electrons. The molecule has 1 fully saturated rings. The number of likely N-dealkylation sites (tertiary alicyclic amines) is 1. The summed E-state index contributed by atoms with van der Waals surface area (Å²) in [5, 5.41) is 0. The largest absolute Gasteiger partial charge is 0.384 e. The fourth-order valence-electron chi connectivity index (χ4n) is 2.75. The third-order valence-electron chi connectivity index (χ3n) is 3.93. The number of methoxy groups -OCH3 is 1. The lowest BCUT2D eigenvalue weighted by Crippen LogP contribution is -2.39. The Morgan fingerprint density at radius 3 is 2.65 bits per heavy atom. The molecule has 1 aliphatic rings. The summed E-state index contributed by atoms with van der Waals surface area (Å²) in [7, 11) is 1.72. The maximum Gasteiger partial charge on any atom is 0.130 e. The summed E-state index contributed by atoms with van der Waals surface area (Å²) in [4.78, 5) is 2.24. The third-order valence-corrected chi connectivity index (χ3v) is 3.93. The van der Waals surface area contributed by atoms with Gasteiger partial charge in [-0.05, 0) is 37.9 Å². The molecule has 1 atom stereocenters. The van der Waals surface area contributed by atoms with Crippen molar-refractivity contribution in [2.24, 2.45) is 11.7 Å². The molecule has 112 valence electrons. The van der Waals surface area contributed by atoms with Gasteiger partial charge in [0.2, 0.25) is 0 Å². The minimum atomic E-state index is -0.571. The quantitative estimate of drug-likeness (QED) is 0.902. The molecule has 2 N–H and O–H groups in total. The van der Waals surface area contributed by atoms with E-state index in [0.29, 0.717) is 18.0 Å². The third kappa shape index (κ3) is 3.98. The van der Waals surface area contributed by atoms with Gasteiger partial charge in [0, 0.05) is 37.9 Å². The van der Waals surface area contributed by atoms with Crippen LogP contribution >= 0.6 is 0 Å². The first-order valence-electron chi connectivity index (χ1n) is 7.02. The minimum absolute atomic E-state index is 0.380. The van der Waals surface area contributed by atoms with Crippen LogP contribution in [0, 0.1) is 17.6 Å². The summed E-state index contributed by atoms with van der Waals surface area (Å²) in [6.45, 7) is 3.30. The normalized spacial score (nSPS) is 19.2. The average Bonchev–Trinajstić information content (AvgIpc) is 2.41. The predicted molar refractivity (Wildman–Crippen MR) is 74.3 cm³/mol. The van der Waals surface area contributed by atoms with Crippen LogP contribution in [0.5, 0.6) is 0 Å². The Bertz CT molecular complexity index is 434. The molecule has 0 amide bonds. The van der Waals surface area contributed by atoms with Gasteiger partial charge in [0.25, 0.3) is 0 Å². The molecule has 2 rings (SSSR count). The van der Waals surface area contributed by atoms with Gasteiger partial charge in [-0.15, -0.1) is 0 Å². The molecule has 1 heterocycles. The fraction of sp³-hybridized carbons (Fsp3) is 0.600. The van der Waals surface area contributed by atoms with Crippen molar-refractivity contribution in [3.05, 3.63) is 35.4 Å². The first kappa shape index (κ1) is 15.4. The second kappa shape index (κ2) is 7.11. The lowest BCUT2D eigenvalue weighted by atomic mass is 9.97. The monoisotopic (exact) mass is 284 g/mol. The van der Waals surface area contributed by atoms with Gasteiger partial charge in [-0.3, -0.25) is 0 Å². The number of ether oxygens (including phenoxy) is 1. The lowest BCUT2D eigenvalue weighted by Gasteiger charge is -2.33. The van der Waals surface area contributed by atoms with Crippen LogP contribution in [0.1, 0.15) is 24.4 Å². The number of rotatable bonds is 5. The molecule has 1 saturated heterocycles. The van der Waals surface area contributed by atoms with E-state index in [1.807, 2.05) is 0 Å². The Hall–Kier alpha value is -1.04. The zero-order valence-electron chi connectivity index (χ0n) is 11.8. The molecule has 0 spiro atoms. The van der Waals surface area contributed by atoms with Gasteiger partial charge in [-0.2, -0.15) is 0 Å². The number of hydrogen-bond donors (Lipinski definition) is 1.